The van der Waals surface area contributed by atoms with Crippen LogP contribution in [0.4, 0.5) is 5.00 Å². The summed E-state index contributed by atoms with van der Waals surface area (Å²) < 4.78 is 0. The van der Waals surface area contributed by atoms with Gasteiger partial charge in [0, 0.05) is 31.1 Å². The van der Waals surface area contributed by atoms with Gasteiger partial charge in [-0.3, -0.25) is 4.99 Å². The minimum Gasteiger partial charge on any atom is -0.396 e. The summed E-state index contributed by atoms with van der Waals surface area (Å²) in [6.45, 7) is 6.14. The van der Waals surface area contributed by atoms with Gasteiger partial charge in [0.1, 0.15) is 0 Å². The van der Waals surface area contributed by atoms with E-state index in [1.807, 2.05) is 11.3 Å². The number of halogens is 1. The van der Waals surface area contributed by atoms with Crippen LogP contribution in [0.2, 0.25) is 0 Å². The van der Waals surface area contributed by atoms with Crippen molar-refractivity contribution in [2.45, 2.75) is 38.6 Å². The molecule has 0 aromatic carbocycles. The molecule has 136 valence electrons. The molecule has 0 radical (unpaired) electrons. The first-order chi connectivity index (χ1) is 11.2. The summed E-state index contributed by atoms with van der Waals surface area (Å²) in [6, 6.07) is 4.80. The molecule has 0 spiro atoms. The van der Waals surface area contributed by atoms with Crippen LogP contribution >= 0.6 is 35.3 Å². The van der Waals surface area contributed by atoms with Crippen molar-refractivity contribution in [3.8, 4) is 0 Å². The lowest BCUT2D eigenvalue weighted by molar-refractivity contribution is 0.216. The molecule has 0 unspecified atom stereocenters. The summed E-state index contributed by atoms with van der Waals surface area (Å²) in [6.07, 6.45) is 4.47. The Kier molecular flexibility index (Phi) is 7.61. The highest BCUT2D eigenvalue weighted by atomic mass is 127. The van der Waals surface area contributed by atoms with Gasteiger partial charge in [0.15, 0.2) is 5.96 Å². The molecule has 1 aliphatic heterocycles. The number of rotatable bonds is 6. The molecule has 3 N–H and O–H groups in total. The van der Waals surface area contributed by atoms with Gasteiger partial charge in [-0.05, 0) is 50.1 Å². The number of hydrogen-bond donors (Lipinski definition) is 3. The second-order valence-corrected chi connectivity index (χ2v) is 7.64. The highest BCUT2D eigenvalue weighted by Crippen LogP contribution is 2.45. The number of nitrogens with zero attached hydrogens (tertiary/aromatic N) is 2. The van der Waals surface area contributed by atoms with Crippen molar-refractivity contribution in [2.75, 3.05) is 37.7 Å². The fourth-order valence-electron chi connectivity index (χ4n) is 3.00. The second-order valence-electron chi connectivity index (χ2n) is 6.71. The average molecular weight is 464 g/mol. The zero-order chi connectivity index (χ0) is 16.1. The monoisotopic (exact) mass is 464 g/mol. The van der Waals surface area contributed by atoms with E-state index in [1.165, 1.54) is 5.00 Å². The van der Waals surface area contributed by atoms with Gasteiger partial charge in [-0.25, -0.2) is 0 Å². The Morgan fingerprint density at radius 2 is 2.17 bits per heavy atom. The third kappa shape index (κ3) is 5.23. The van der Waals surface area contributed by atoms with Crippen LogP contribution in [-0.4, -0.2) is 49.9 Å². The van der Waals surface area contributed by atoms with E-state index in [-0.39, 0.29) is 36.0 Å². The Labute approximate surface area is 165 Å². The van der Waals surface area contributed by atoms with Crippen molar-refractivity contribution < 1.29 is 5.11 Å². The van der Waals surface area contributed by atoms with Crippen molar-refractivity contribution in [1.29, 1.82) is 0 Å². The van der Waals surface area contributed by atoms with E-state index in [0.29, 0.717) is 6.04 Å². The molecule has 1 aromatic rings. The average Bonchev–Trinajstić information content (AvgIpc) is 3.16. The van der Waals surface area contributed by atoms with Gasteiger partial charge in [0.25, 0.3) is 0 Å². The highest BCUT2D eigenvalue weighted by molar-refractivity contribution is 14.0. The minimum atomic E-state index is 0. The van der Waals surface area contributed by atoms with Crippen molar-refractivity contribution in [2.24, 2.45) is 10.4 Å². The van der Waals surface area contributed by atoms with Gasteiger partial charge in [-0.15, -0.1) is 35.3 Å². The maximum atomic E-state index is 9.43. The van der Waals surface area contributed by atoms with Crippen LogP contribution in [0.15, 0.2) is 22.5 Å². The molecular formula is C17H29IN4OS. The van der Waals surface area contributed by atoms with Crippen LogP contribution in [0.1, 0.15) is 32.6 Å². The summed E-state index contributed by atoms with van der Waals surface area (Å²) >= 11 is 1.82. The number of aliphatic hydroxyl groups is 1. The van der Waals surface area contributed by atoms with E-state index in [1.54, 1.807) is 0 Å². The second kappa shape index (κ2) is 9.24. The van der Waals surface area contributed by atoms with Gasteiger partial charge in [0.05, 0.1) is 18.2 Å². The number of aliphatic hydroxyl groups excluding tert-OH is 1. The molecule has 2 fully saturated rings. The summed E-state index contributed by atoms with van der Waals surface area (Å²) in [5, 5.41) is 19.9. The van der Waals surface area contributed by atoms with Gasteiger partial charge < -0.3 is 20.6 Å². The largest absolute Gasteiger partial charge is 0.396 e. The Hall–Kier alpha value is -0.540. The number of piperidine rings is 1. The molecule has 2 heterocycles. The van der Waals surface area contributed by atoms with Gasteiger partial charge in [-0.2, -0.15) is 0 Å². The van der Waals surface area contributed by atoms with Crippen molar-refractivity contribution in [1.82, 2.24) is 10.6 Å². The number of nitrogens with one attached hydrogen (secondary N) is 2. The highest BCUT2D eigenvalue weighted by Gasteiger charge is 2.41. The molecule has 7 heteroatoms. The van der Waals surface area contributed by atoms with Crippen molar-refractivity contribution in [3.63, 3.8) is 0 Å². The maximum absolute atomic E-state index is 9.43. The molecule has 24 heavy (non-hydrogen) atoms. The fraction of sp³-hybridized carbons (Fsp3) is 0.706. The third-order valence-electron chi connectivity index (χ3n) is 4.86. The number of hydrogen-bond acceptors (Lipinski definition) is 4. The third-order valence-corrected chi connectivity index (χ3v) is 5.79. The molecule has 0 atom stereocenters. The number of aliphatic imine (C=N–C) groups is 1. The summed E-state index contributed by atoms with van der Waals surface area (Å²) in [5.41, 5.74) is 0.0743. The zero-order valence-electron chi connectivity index (χ0n) is 14.3. The lowest BCUT2D eigenvalue weighted by Gasteiger charge is -2.33. The Balaban J connectivity index is 0.00000208. The molecule has 1 saturated carbocycles. The SMILES string of the molecule is CCNC(=NCC1(CO)CC1)NC1CCN(c2cccs2)CC1.I. The van der Waals surface area contributed by atoms with Gasteiger partial charge >= 0.3 is 0 Å². The van der Waals surface area contributed by atoms with Crippen LogP contribution in [0.25, 0.3) is 0 Å². The first kappa shape index (κ1) is 19.8. The standard InChI is InChI=1S/C17H28N4OS.HI/c1-2-18-16(19-12-17(13-22)7-8-17)20-14-5-9-21(10-6-14)15-4-3-11-23-15;/h3-4,11,14,22H,2,5-10,12-13H2,1H3,(H2,18,19,20);1H. The maximum Gasteiger partial charge on any atom is 0.191 e. The predicted molar refractivity (Wildman–Crippen MR) is 113 cm³/mol. The summed E-state index contributed by atoms with van der Waals surface area (Å²) in [5.74, 6) is 0.904. The normalized spacial score (nSPS) is 20.4. The summed E-state index contributed by atoms with van der Waals surface area (Å²) in [4.78, 5) is 7.17. The fourth-order valence-corrected chi connectivity index (χ4v) is 3.78. The molecular weight excluding hydrogens is 435 g/mol. The van der Waals surface area contributed by atoms with E-state index >= 15 is 0 Å². The molecule has 2 aliphatic rings. The van der Waals surface area contributed by atoms with Crippen LogP contribution < -0.4 is 15.5 Å². The molecule has 1 aromatic heterocycles. The molecule has 0 bridgehead atoms. The number of anilines is 1. The quantitative estimate of drug-likeness (QED) is 0.344. The van der Waals surface area contributed by atoms with E-state index in [0.717, 1.165) is 57.8 Å². The van der Waals surface area contributed by atoms with E-state index in [9.17, 15) is 5.11 Å². The first-order valence-electron chi connectivity index (χ1n) is 8.69. The molecule has 3 rings (SSSR count). The van der Waals surface area contributed by atoms with Crippen LogP contribution in [0, 0.1) is 5.41 Å². The zero-order valence-corrected chi connectivity index (χ0v) is 17.5. The Morgan fingerprint density at radius 1 is 1.42 bits per heavy atom. The molecule has 1 saturated heterocycles. The Morgan fingerprint density at radius 3 is 2.71 bits per heavy atom. The van der Waals surface area contributed by atoms with Gasteiger partial charge in [0.2, 0.25) is 0 Å². The topological polar surface area (TPSA) is 59.9 Å². The summed E-state index contributed by atoms with van der Waals surface area (Å²) in [7, 11) is 0. The lowest BCUT2D eigenvalue weighted by Crippen LogP contribution is -2.48. The van der Waals surface area contributed by atoms with E-state index in [4.69, 9.17) is 4.99 Å². The van der Waals surface area contributed by atoms with Crippen LogP contribution in [-0.2, 0) is 0 Å². The molecule has 0 amide bonds. The van der Waals surface area contributed by atoms with Crippen molar-refractivity contribution >= 4 is 46.3 Å². The van der Waals surface area contributed by atoms with Crippen LogP contribution in [0.5, 0.6) is 0 Å². The van der Waals surface area contributed by atoms with Crippen molar-refractivity contribution in [3.05, 3.63) is 17.5 Å². The molecule has 1 aliphatic carbocycles. The molecule has 5 nitrogen and oxygen atoms in total. The minimum absolute atomic E-state index is 0. The smallest absolute Gasteiger partial charge is 0.191 e. The predicted octanol–water partition coefficient (Wildman–Crippen LogP) is 2.66. The Bertz CT molecular complexity index is 511. The van der Waals surface area contributed by atoms with Gasteiger partial charge in [-0.1, -0.05) is 0 Å². The number of thiophene rings is 1. The van der Waals surface area contributed by atoms with E-state index < -0.39 is 0 Å². The lowest BCUT2D eigenvalue weighted by atomic mass is 10.1. The first-order valence-corrected chi connectivity index (χ1v) is 9.57. The van der Waals surface area contributed by atoms with E-state index in [2.05, 4.69) is 40.0 Å². The number of guanidine groups is 1. The van der Waals surface area contributed by atoms with Crippen LogP contribution in [0.3, 0.4) is 0 Å².